The van der Waals surface area contributed by atoms with Gasteiger partial charge in [-0.05, 0) is 48.2 Å². The van der Waals surface area contributed by atoms with Gasteiger partial charge >= 0.3 is 0 Å². The molecule has 2 rings (SSSR count). The maximum Gasteiger partial charge on any atom is 0.188 e. The topological polar surface area (TPSA) is 59.6 Å². The second kappa shape index (κ2) is 11.1. The zero-order chi connectivity index (χ0) is 16.5. The van der Waals surface area contributed by atoms with E-state index in [0.717, 1.165) is 30.2 Å². The molecule has 24 heavy (non-hydrogen) atoms. The Balaban J connectivity index is 0.00000288. The van der Waals surface area contributed by atoms with E-state index in [0.29, 0.717) is 12.5 Å². The number of rotatable bonds is 7. The minimum atomic E-state index is 0. The average Bonchev–Trinajstić information content (AvgIpc) is 2.57. The van der Waals surface area contributed by atoms with Gasteiger partial charge in [-0.15, -0.1) is 24.0 Å². The maximum absolute atomic E-state index is 5.87. The van der Waals surface area contributed by atoms with Crippen LogP contribution in [0.25, 0.3) is 0 Å². The van der Waals surface area contributed by atoms with Crippen LogP contribution in [0.3, 0.4) is 0 Å². The van der Waals surface area contributed by atoms with E-state index >= 15 is 0 Å². The van der Waals surface area contributed by atoms with E-state index in [-0.39, 0.29) is 24.0 Å². The van der Waals surface area contributed by atoms with Crippen molar-refractivity contribution in [1.82, 2.24) is 5.32 Å². The van der Waals surface area contributed by atoms with E-state index < -0.39 is 0 Å². The number of hydrogen-bond donors (Lipinski definition) is 2. The predicted molar refractivity (Wildman–Crippen MR) is 112 cm³/mol. The van der Waals surface area contributed by atoms with Crippen LogP contribution in [0.4, 0.5) is 0 Å². The van der Waals surface area contributed by atoms with Crippen LogP contribution in [0, 0.1) is 0 Å². The van der Waals surface area contributed by atoms with Gasteiger partial charge in [0.15, 0.2) is 5.96 Å². The lowest BCUT2D eigenvalue weighted by atomic mass is 10.1. The Hall–Kier alpha value is -1.47. The van der Waals surface area contributed by atoms with Crippen molar-refractivity contribution >= 4 is 41.5 Å². The van der Waals surface area contributed by atoms with E-state index in [1.165, 1.54) is 11.1 Å². The highest BCUT2D eigenvalue weighted by atomic mass is 127. The van der Waals surface area contributed by atoms with Crippen LogP contribution in [0.1, 0.15) is 11.1 Å². The molecular weight excluding hydrogens is 437 g/mol. The Morgan fingerprint density at radius 2 is 1.62 bits per heavy atom. The van der Waals surface area contributed by atoms with Gasteiger partial charge in [-0.2, -0.15) is 0 Å². The predicted octanol–water partition coefficient (Wildman–Crippen LogP) is 3.66. The lowest BCUT2D eigenvalue weighted by Crippen LogP contribution is -2.33. The van der Waals surface area contributed by atoms with Crippen molar-refractivity contribution in [2.75, 3.05) is 20.2 Å². The summed E-state index contributed by atoms with van der Waals surface area (Å²) in [5, 5.41) is 3.88. The quantitative estimate of drug-likeness (QED) is 0.377. The number of methoxy groups -OCH3 is 1. The first-order valence-corrected chi connectivity index (χ1v) is 7.96. The Morgan fingerprint density at radius 1 is 1.04 bits per heavy atom. The summed E-state index contributed by atoms with van der Waals surface area (Å²) in [7, 11) is 1.66. The lowest BCUT2D eigenvalue weighted by molar-refractivity contribution is 0.414. The molecule has 4 nitrogen and oxygen atoms in total. The molecule has 0 saturated heterocycles. The number of aliphatic imine (C=N–C) groups is 1. The molecule has 130 valence electrons. The van der Waals surface area contributed by atoms with Gasteiger partial charge < -0.3 is 15.8 Å². The van der Waals surface area contributed by atoms with Crippen molar-refractivity contribution in [3.05, 3.63) is 64.7 Å². The van der Waals surface area contributed by atoms with Gasteiger partial charge in [0.2, 0.25) is 0 Å². The number of ether oxygens (including phenoxy) is 1. The van der Waals surface area contributed by atoms with Gasteiger partial charge in [-0.1, -0.05) is 35.9 Å². The summed E-state index contributed by atoms with van der Waals surface area (Å²) in [6.45, 7) is 1.41. The Kier molecular flexibility index (Phi) is 9.56. The molecular formula is C18H23ClIN3O. The van der Waals surface area contributed by atoms with Crippen LogP contribution in [0.15, 0.2) is 53.5 Å². The van der Waals surface area contributed by atoms with Gasteiger partial charge in [-0.25, -0.2) is 0 Å². The van der Waals surface area contributed by atoms with Gasteiger partial charge in [0.05, 0.1) is 7.11 Å². The fraction of sp³-hybridized carbons (Fsp3) is 0.278. The second-order valence-electron chi connectivity index (χ2n) is 5.17. The smallest absolute Gasteiger partial charge is 0.188 e. The third-order valence-electron chi connectivity index (χ3n) is 3.47. The molecule has 0 atom stereocenters. The van der Waals surface area contributed by atoms with Crippen molar-refractivity contribution in [1.29, 1.82) is 0 Å². The number of nitrogens with one attached hydrogen (secondary N) is 1. The van der Waals surface area contributed by atoms with Gasteiger partial charge in [-0.3, -0.25) is 4.99 Å². The van der Waals surface area contributed by atoms with Crippen molar-refractivity contribution < 1.29 is 4.74 Å². The van der Waals surface area contributed by atoms with Gasteiger partial charge in [0, 0.05) is 18.1 Å². The summed E-state index contributed by atoms with van der Waals surface area (Å²) < 4.78 is 5.14. The number of nitrogens with zero attached hydrogens (tertiary/aromatic N) is 1. The number of nitrogens with two attached hydrogens (primary N) is 1. The zero-order valence-corrected chi connectivity index (χ0v) is 16.8. The molecule has 0 aromatic heterocycles. The van der Waals surface area contributed by atoms with Gasteiger partial charge in [0.25, 0.3) is 0 Å². The standard InChI is InChI=1S/C18H22ClN3O.HI/c1-23-17-8-4-15(5-9-17)11-13-22-18(20)21-12-10-14-2-6-16(19)7-3-14;/h2-9H,10-13H2,1H3,(H3,20,21,22);1H. The molecule has 0 saturated carbocycles. The molecule has 0 unspecified atom stereocenters. The molecule has 3 N–H and O–H groups in total. The largest absolute Gasteiger partial charge is 0.497 e. The van der Waals surface area contributed by atoms with Crippen molar-refractivity contribution in [3.8, 4) is 5.75 Å². The van der Waals surface area contributed by atoms with Crippen LogP contribution < -0.4 is 15.8 Å². The first kappa shape index (κ1) is 20.6. The molecule has 0 aliphatic rings. The molecule has 2 aromatic carbocycles. The van der Waals surface area contributed by atoms with Crippen molar-refractivity contribution in [2.45, 2.75) is 12.8 Å². The highest BCUT2D eigenvalue weighted by molar-refractivity contribution is 14.0. The summed E-state index contributed by atoms with van der Waals surface area (Å²) in [5.74, 6) is 1.34. The highest BCUT2D eigenvalue weighted by Crippen LogP contribution is 2.11. The van der Waals surface area contributed by atoms with Crippen LogP contribution >= 0.6 is 35.6 Å². The fourth-order valence-electron chi connectivity index (χ4n) is 2.14. The van der Waals surface area contributed by atoms with E-state index in [1.807, 2.05) is 48.5 Å². The third kappa shape index (κ3) is 7.40. The van der Waals surface area contributed by atoms with Crippen LogP contribution in [0.2, 0.25) is 5.02 Å². The number of hydrogen-bond acceptors (Lipinski definition) is 2. The van der Waals surface area contributed by atoms with Crippen molar-refractivity contribution in [2.24, 2.45) is 10.7 Å². The molecule has 0 heterocycles. The fourth-order valence-corrected chi connectivity index (χ4v) is 2.27. The van der Waals surface area contributed by atoms with Gasteiger partial charge in [0.1, 0.15) is 5.75 Å². The molecule has 6 heteroatoms. The molecule has 0 aliphatic heterocycles. The third-order valence-corrected chi connectivity index (χ3v) is 3.73. The zero-order valence-electron chi connectivity index (χ0n) is 13.7. The minimum Gasteiger partial charge on any atom is -0.497 e. The lowest BCUT2D eigenvalue weighted by Gasteiger charge is -2.07. The average molecular weight is 460 g/mol. The van der Waals surface area contributed by atoms with Crippen LogP contribution in [-0.2, 0) is 12.8 Å². The summed E-state index contributed by atoms with van der Waals surface area (Å²) in [4.78, 5) is 4.33. The Labute approximate surface area is 165 Å². The molecule has 0 fully saturated rings. The normalized spacial score (nSPS) is 10.8. The van der Waals surface area contributed by atoms with Crippen LogP contribution in [-0.4, -0.2) is 26.2 Å². The first-order chi connectivity index (χ1) is 11.2. The summed E-state index contributed by atoms with van der Waals surface area (Å²) in [6, 6.07) is 15.8. The number of benzene rings is 2. The monoisotopic (exact) mass is 459 g/mol. The Morgan fingerprint density at radius 3 is 2.25 bits per heavy atom. The summed E-state index contributed by atoms with van der Waals surface area (Å²) in [5.41, 5.74) is 8.30. The number of halogens is 2. The second-order valence-corrected chi connectivity index (χ2v) is 5.60. The summed E-state index contributed by atoms with van der Waals surface area (Å²) in [6.07, 6.45) is 1.73. The van der Waals surface area contributed by atoms with E-state index in [1.54, 1.807) is 7.11 Å². The van der Waals surface area contributed by atoms with E-state index in [4.69, 9.17) is 22.1 Å². The Bertz CT molecular complexity index is 630. The molecule has 0 aliphatic carbocycles. The van der Waals surface area contributed by atoms with Crippen LogP contribution in [0.5, 0.6) is 5.75 Å². The molecule has 0 bridgehead atoms. The molecule has 2 aromatic rings. The molecule has 0 amide bonds. The van der Waals surface area contributed by atoms with E-state index in [9.17, 15) is 0 Å². The maximum atomic E-state index is 5.87. The highest BCUT2D eigenvalue weighted by Gasteiger charge is 1.97. The minimum absolute atomic E-state index is 0. The first-order valence-electron chi connectivity index (χ1n) is 7.58. The SMILES string of the molecule is COc1ccc(CCNC(N)=NCCc2ccc(Cl)cc2)cc1.I. The molecule has 0 radical (unpaired) electrons. The van der Waals surface area contributed by atoms with Crippen molar-refractivity contribution in [3.63, 3.8) is 0 Å². The van der Waals surface area contributed by atoms with E-state index in [2.05, 4.69) is 10.3 Å². The number of guanidine groups is 1. The molecule has 0 spiro atoms. The summed E-state index contributed by atoms with van der Waals surface area (Å²) >= 11 is 5.86.